The van der Waals surface area contributed by atoms with E-state index in [4.69, 9.17) is 4.74 Å². The third-order valence-corrected chi connectivity index (χ3v) is 5.89. The van der Waals surface area contributed by atoms with Crippen LogP contribution in [-0.2, 0) is 10.0 Å². The van der Waals surface area contributed by atoms with Crippen LogP contribution >= 0.6 is 0 Å². The van der Waals surface area contributed by atoms with Gasteiger partial charge in [-0.25, -0.2) is 13.1 Å². The van der Waals surface area contributed by atoms with E-state index in [1.807, 2.05) is 0 Å². The smallest absolute Gasteiger partial charge is 0.240 e. The summed E-state index contributed by atoms with van der Waals surface area (Å²) in [6.07, 6.45) is 1.83. The number of benzene rings is 1. The Labute approximate surface area is 157 Å². The van der Waals surface area contributed by atoms with Crippen LogP contribution in [0.5, 0.6) is 5.75 Å². The van der Waals surface area contributed by atoms with Crippen molar-refractivity contribution < 1.29 is 13.2 Å². The van der Waals surface area contributed by atoms with E-state index in [2.05, 4.69) is 33.4 Å². The highest BCUT2D eigenvalue weighted by Gasteiger charge is 2.15. The second-order valence-corrected chi connectivity index (χ2v) is 8.20. The Bertz CT molecular complexity index is 700. The summed E-state index contributed by atoms with van der Waals surface area (Å²) in [5, 5.41) is 0. The summed E-state index contributed by atoms with van der Waals surface area (Å²) in [6.45, 7) is 7.95. The first-order chi connectivity index (χ1) is 12.5. The lowest BCUT2D eigenvalue weighted by Crippen LogP contribution is -2.44. The minimum Gasteiger partial charge on any atom is -0.481 e. The molecule has 1 N–H and O–H groups in total. The second-order valence-electron chi connectivity index (χ2n) is 6.44. The van der Waals surface area contributed by atoms with Gasteiger partial charge in [-0.2, -0.15) is 0 Å². The zero-order valence-electron chi connectivity index (χ0n) is 15.7. The van der Waals surface area contributed by atoms with E-state index in [1.54, 1.807) is 31.2 Å². The summed E-state index contributed by atoms with van der Waals surface area (Å²) in [5.74, 6) is 6.15. The average molecular weight is 380 g/mol. The van der Waals surface area contributed by atoms with E-state index >= 15 is 0 Å². The summed E-state index contributed by atoms with van der Waals surface area (Å²) < 4.78 is 32.7. The molecular weight excluding hydrogens is 350 g/mol. The van der Waals surface area contributed by atoms with E-state index in [-0.39, 0.29) is 4.90 Å². The molecule has 1 aliphatic heterocycles. The number of nitrogens with one attached hydrogen (secondary N) is 1. The lowest BCUT2D eigenvalue weighted by Gasteiger charge is -2.32. The summed E-state index contributed by atoms with van der Waals surface area (Å²) in [5.41, 5.74) is 0. The minimum atomic E-state index is -3.47. The second kappa shape index (κ2) is 10.5. The third kappa shape index (κ3) is 6.96. The van der Waals surface area contributed by atoms with E-state index in [1.165, 1.54) is 0 Å². The number of likely N-dealkylation sites (N-methyl/N-ethyl adjacent to an activating group) is 1. The summed E-state index contributed by atoms with van der Waals surface area (Å²) >= 11 is 0. The molecule has 26 heavy (non-hydrogen) atoms. The maximum atomic E-state index is 12.3. The Morgan fingerprint density at radius 3 is 2.46 bits per heavy atom. The van der Waals surface area contributed by atoms with Gasteiger partial charge in [-0.05, 0) is 57.6 Å². The van der Waals surface area contributed by atoms with E-state index in [0.29, 0.717) is 18.9 Å². The quantitative estimate of drug-likeness (QED) is 0.519. The van der Waals surface area contributed by atoms with Crippen molar-refractivity contribution in [2.75, 3.05) is 52.9 Å². The molecule has 0 aromatic heterocycles. The normalized spacial score (nSPS) is 16.1. The van der Waals surface area contributed by atoms with Gasteiger partial charge in [-0.3, -0.25) is 0 Å². The Kier molecular flexibility index (Phi) is 8.39. The Morgan fingerprint density at radius 1 is 1.12 bits per heavy atom. The van der Waals surface area contributed by atoms with Gasteiger partial charge in [0.15, 0.2) is 0 Å². The van der Waals surface area contributed by atoms with Gasteiger partial charge in [0.1, 0.15) is 12.4 Å². The van der Waals surface area contributed by atoms with Gasteiger partial charge < -0.3 is 14.5 Å². The predicted octanol–water partition coefficient (Wildman–Crippen LogP) is 1.39. The number of unbranched alkanes of at least 4 members (excludes halogenated alkanes) is 1. The van der Waals surface area contributed by atoms with E-state index in [0.717, 1.165) is 45.6 Å². The largest absolute Gasteiger partial charge is 0.481 e. The van der Waals surface area contributed by atoms with Gasteiger partial charge in [0.2, 0.25) is 10.0 Å². The molecule has 6 nitrogen and oxygen atoms in total. The van der Waals surface area contributed by atoms with Crippen molar-refractivity contribution in [2.24, 2.45) is 0 Å². The number of nitrogens with zero attached hydrogens (tertiary/aromatic N) is 2. The number of sulfonamides is 1. The number of piperazine rings is 1. The van der Waals surface area contributed by atoms with Crippen LogP contribution < -0.4 is 9.46 Å². The van der Waals surface area contributed by atoms with Crippen LogP contribution in [0.3, 0.4) is 0 Å². The van der Waals surface area contributed by atoms with Gasteiger partial charge in [0, 0.05) is 32.7 Å². The number of hydrogen-bond donors (Lipinski definition) is 1. The summed E-state index contributed by atoms with van der Waals surface area (Å²) in [7, 11) is -1.33. The molecule has 1 saturated heterocycles. The van der Waals surface area contributed by atoms with Crippen molar-refractivity contribution in [3.8, 4) is 17.6 Å². The molecule has 0 atom stereocenters. The average Bonchev–Trinajstić information content (AvgIpc) is 2.63. The number of rotatable bonds is 9. The molecule has 1 aromatic carbocycles. The molecule has 0 amide bonds. The molecule has 0 spiro atoms. The molecule has 1 aromatic rings. The zero-order valence-corrected chi connectivity index (χ0v) is 16.5. The van der Waals surface area contributed by atoms with E-state index < -0.39 is 10.0 Å². The fraction of sp³-hybridized carbons (Fsp3) is 0.579. The molecule has 0 radical (unpaired) electrons. The van der Waals surface area contributed by atoms with Crippen LogP contribution in [0.1, 0.15) is 19.8 Å². The topological polar surface area (TPSA) is 61.9 Å². The van der Waals surface area contributed by atoms with Crippen LogP contribution in [-0.4, -0.2) is 71.1 Å². The zero-order chi connectivity index (χ0) is 18.8. The molecular formula is C19H29N3O3S. The van der Waals surface area contributed by atoms with E-state index in [9.17, 15) is 8.42 Å². The maximum Gasteiger partial charge on any atom is 0.240 e. The first-order valence-electron chi connectivity index (χ1n) is 9.04. The molecule has 0 bridgehead atoms. The third-order valence-electron chi connectivity index (χ3n) is 4.41. The van der Waals surface area contributed by atoms with Crippen molar-refractivity contribution in [3.63, 3.8) is 0 Å². The highest BCUT2D eigenvalue weighted by molar-refractivity contribution is 7.89. The standard InChI is InChI=1S/C19H29N3O3S/c1-3-4-17-25-18-7-9-19(10-8-18)26(23,24)20-11-5-6-12-22-15-13-21(2)14-16-22/h7-10,20H,5-6,11-17H2,1-2H3. The van der Waals surface area contributed by atoms with Crippen LogP contribution in [0.2, 0.25) is 0 Å². The van der Waals surface area contributed by atoms with Gasteiger partial charge in [0.25, 0.3) is 0 Å². The van der Waals surface area contributed by atoms with Gasteiger partial charge in [-0.15, -0.1) is 5.92 Å². The fourth-order valence-electron chi connectivity index (χ4n) is 2.73. The SMILES string of the molecule is CC#CCOc1ccc(S(=O)(=O)NCCCCN2CCN(C)CC2)cc1. The molecule has 1 aliphatic rings. The van der Waals surface area contributed by atoms with Crippen molar-refractivity contribution in [1.29, 1.82) is 0 Å². The first kappa shape index (κ1) is 20.7. The summed E-state index contributed by atoms with van der Waals surface area (Å²) in [6, 6.07) is 6.42. The highest BCUT2D eigenvalue weighted by Crippen LogP contribution is 2.15. The molecule has 0 saturated carbocycles. The van der Waals surface area contributed by atoms with Gasteiger partial charge >= 0.3 is 0 Å². The molecule has 144 valence electrons. The van der Waals surface area contributed by atoms with Crippen molar-refractivity contribution in [3.05, 3.63) is 24.3 Å². The number of hydrogen-bond acceptors (Lipinski definition) is 5. The van der Waals surface area contributed by atoms with Crippen molar-refractivity contribution in [1.82, 2.24) is 14.5 Å². The monoisotopic (exact) mass is 379 g/mol. The van der Waals surface area contributed by atoms with Crippen molar-refractivity contribution in [2.45, 2.75) is 24.7 Å². The van der Waals surface area contributed by atoms with Gasteiger partial charge in [-0.1, -0.05) is 5.92 Å². The maximum absolute atomic E-state index is 12.3. The Balaban J connectivity index is 1.69. The van der Waals surface area contributed by atoms with Crippen LogP contribution in [0.15, 0.2) is 29.2 Å². The lowest BCUT2D eigenvalue weighted by molar-refractivity contribution is 0.152. The Morgan fingerprint density at radius 2 is 1.81 bits per heavy atom. The number of ether oxygens (including phenoxy) is 1. The predicted molar refractivity (Wildman–Crippen MR) is 104 cm³/mol. The fourth-order valence-corrected chi connectivity index (χ4v) is 3.80. The highest BCUT2D eigenvalue weighted by atomic mass is 32.2. The molecule has 0 aliphatic carbocycles. The van der Waals surface area contributed by atoms with Gasteiger partial charge in [0.05, 0.1) is 4.90 Å². The molecule has 7 heteroatoms. The molecule has 1 heterocycles. The lowest BCUT2D eigenvalue weighted by atomic mass is 10.2. The van der Waals surface area contributed by atoms with Crippen molar-refractivity contribution >= 4 is 10.0 Å². The Hall–Kier alpha value is -1.59. The summed E-state index contributed by atoms with van der Waals surface area (Å²) in [4.78, 5) is 5.03. The molecule has 1 fully saturated rings. The van der Waals surface area contributed by atoms with Crippen LogP contribution in [0.4, 0.5) is 0 Å². The van der Waals surface area contributed by atoms with Crippen LogP contribution in [0, 0.1) is 11.8 Å². The molecule has 0 unspecified atom stereocenters. The molecule has 2 rings (SSSR count). The first-order valence-corrected chi connectivity index (χ1v) is 10.5. The minimum absolute atomic E-state index is 0.255. The van der Waals surface area contributed by atoms with Crippen LogP contribution in [0.25, 0.3) is 0 Å².